The minimum atomic E-state index is -0.122. The molecule has 2 heterocycles. The Balaban J connectivity index is 1.84. The number of rotatable bonds is 4. The van der Waals surface area contributed by atoms with Crippen molar-refractivity contribution >= 4 is 6.29 Å². The molecule has 2 aliphatic heterocycles. The van der Waals surface area contributed by atoms with Gasteiger partial charge in [-0.2, -0.15) is 0 Å². The number of carbonyl (C=O) groups excluding carboxylic acids is 1. The lowest BCUT2D eigenvalue weighted by molar-refractivity contribution is -0.123. The molecule has 0 saturated carbocycles. The maximum atomic E-state index is 11.4. The molecule has 0 amide bonds. The number of ether oxygens (including phenoxy) is 1. The lowest BCUT2D eigenvalue weighted by atomic mass is 9.80. The molecule has 2 aliphatic rings. The summed E-state index contributed by atoms with van der Waals surface area (Å²) < 4.78 is 5.39. The third-order valence-corrected chi connectivity index (χ3v) is 4.85. The van der Waals surface area contributed by atoms with Crippen LogP contribution in [0.4, 0.5) is 0 Å². The summed E-state index contributed by atoms with van der Waals surface area (Å²) in [5, 5.41) is 0. The Morgan fingerprint density at radius 3 is 2.39 bits per heavy atom. The number of likely N-dealkylation sites (tertiary alicyclic amines) is 1. The van der Waals surface area contributed by atoms with Crippen molar-refractivity contribution in [3.8, 4) is 0 Å². The number of hydrogen-bond donors (Lipinski definition) is 0. The van der Waals surface area contributed by atoms with Crippen LogP contribution in [0.15, 0.2) is 0 Å². The normalized spacial score (nSPS) is 26.4. The summed E-state index contributed by atoms with van der Waals surface area (Å²) in [6.45, 7) is 9.43. The monoisotopic (exact) mass is 253 g/mol. The number of piperidine rings is 1. The SMILES string of the molecule is CC(C)C1CCN(CC2(C=O)CCOCC2)CC1. The number of hydrogen-bond acceptors (Lipinski definition) is 3. The summed E-state index contributed by atoms with van der Waals surface area (Å²) in [5.41, 5.74) is -0.122. The van der Waals surface area contributed by atoms with Gasteiger partial charge in [0.1, 0.15) is 6.29 Å². The van der Waals surface area contributed by atoms with Crippen LogP contribution >= 0.6 is 0 Å². The van der Waals surface area contributed by atoms with Gasteiger partial charge in [-0.05, 0) is 50.6 Å². The van der Waals surface area contributed by atoms with Crippen LogP contribution in [0.2, 0.25) is 0 Å². The van der Waals surface area contributed by atoms with Crippen LogP contribution in [-0.4, -0.2) is 44.0 Å². The van der Waals surface area contributed by atoms with E-state index in [1.54, 1.807) is 0 Å². The van der Waals surface area contributed by atoms with E-state index in [1.807, 2.05) is 0 Å². The number of aldehydes is 1. The zero-order chi connectivity index (χ0) is 13.0. The van der Waals surface area contributed by atoms with E-state index in [4.69, 9.17) is 4.74 Å². The van der Waals surface area contributed by atoms with E-state index in [2.05, 4.69) is 18.7 Å². The summed E-state index contributed by atoms with van der Waals surface area (Å²) in [6, 6.07) is 0. The quantitative estimate of drug-likeness (QED) is 0.720. The van der Waals surface area contributed by atoms with E-state index in [9.17, 15) is 4.79 Å². The van der Waals surface area contributed by atoms with Crippen LogP contribution in [0.1, 0.15) is 39.5 Å². The Kier molecular flexibility index (Phi) is 4.79. The van der Waals surface area contributed by atoms with Crippen LogP contribution in [0.3, 0.4) is 0 Å². The Morgan fingerprint density at radius 2 is 1.89 bits per heavy atom. The zero-order valence-electron chi connectivity index (χ0n) is 11.9. The van der Waals surface area contributed by atoms with E-state index >= 15 is 0 Å². The second-order valence-electron chi connectivity index (χ2n) is 6.45. The molecule has 0 aromatic carbocycles. The first kappa shape index (κ1) is 14.0. The second kappa shape index (κ2) is 6.16. The van der Waals surface area contributed by atoms with Crippen LogP contribution in [0.5, 0.6) is 0 Å². The van der Waals surface area contributed by atoms with Gasteiger partial charge in [-0.25, -0.2) is 0 Å². The molecule has 0 atom stereocenters. The van der Waals surface area contributed by atoms with Gasteiger partial charge in [0.25, 0.3) is 0 Å². The van der Waals surface area contributed by atoms with Crippen molar-refractivity contribution in [2.75, 3.05) is 32.8 Å². The number of nitrogens with zero attached hydrogens (tertiary/aromatic N) is 1. The van der Waals surface area contributed by atoms with Crippen LogP contribution in [-0.2, 0) is 9.53 Å². The molecule has 0 aromatic rings. The van der Waals surface area contributed by atoms with E-state index in [-0.39, 0.29) is 5.41 Å². The molecule has 0 unspecified atom stereocenters. The summed E-state index contributed by atoms with van der Waals surface area (Å²) in [4.78, 5) is 13.9. The molecule has 0 radical (unpaired) electrons. The minimum Gasteiger partial charge on any atom is -0.381 e. The highest BCUT2D eigenvalue weighted by Crippen LogP contribution is 2.32. The molecule has 3 nitrogen and oxygen atoms in total. The van der Waals surface area contributed by atoms with Gasteiger partial charge in [-0.1, -0.05) is 13.8 Å². The summed E-state index contributed by atoms with van der Waals surface area (Å²) >= 11 is 0. The molecule has 2 saturated heterocycles. The Labute approximate surface area is 111 Å². The van der Waals surface area contributed by atoms with Crippen molar-refractivity contribution in [3.05, 3.63) is 0 Å². The fraction of sp³-hybridized carbons (Fsp3) is 0.933. The van der Waals surface area contributed by atoms with Gasteiger partial charge in [0.15, 0.2) is 0 Å². The first-order valence-electron chi connectivity index (χ1n) is 7.42. The van der Waals surface area contributed by atoms with Gasteiger partial charge in [0.05, 0.1) is 0 Å². The van der Waals surface area contributed by atoms with Crippen molar-refractivity contribution in [2.24, 2.45) is 17.3 Å². The van der Waals surface area contributed by atoms with E-state index in [0.29, 0.717) is 0 Å². The fourth-order valence-corrected chi connectivity index (χ4v) is 3.31. The average molecular weight is 253 g/mol. The zero-order valence-corrected chi connectivity index (χ0v) is 11.9. The van der Waals surface area contributed by atoms with Crippen molar-refractivity contribution in [1.82, 2.24) is 4.90 Å². The highest BCUT2D eigenvalue weighted by atomic mass is 16.5. The maximum Gasteiger partial charge on any atom is 0.127 e. The molecule has 0 aliphatic carbocycles. The summed E-state index contributed by atoms with van der Waals surface area (Å²) in [6.07, 6.45) is 5.59. The third-order valence-electron chi connectivity index (χ3n) is 4.85. The molecule has 0 aromatic heterocycles. The second-order valence-corrected chi connectivity index (χ2v) is 6.45. The Bertz CT molecular complexity index is 264. The minimum absolute atomic E-state index is 0.122. The largest absolute Gasteiger partial charge is 0.381 e. The molecule has 18 heavy (non-hydrogen) atoms. The summed E-state index contributed by atoms with van der Waals surface area (Å²) in [7, 11) is 0. The van der Waals surface area contributed by atoms with Gasteiger partial charge >= 0.3 is 0 Å². The van der Waals surface area contributed by atoms with Crippen molar-refractivity contribution in [1.29, 1.82) is 0 Å². The van der Waals surface area contributed by atoms with Crippen LogP contribution in [0.25, 0.3) is 0 Å². The fourth-order valence-electron chi connectivity index (χ4n) is 3.31. The highest BCUT2D eigenvalue weighted by Gasteiger charge is 2.35. The molecule has 2 fully saturated rings. The molecule has 3 heteroatoms. The van der Waals surface area contributed by atoms with E-state index < -0.39 is 0 Å². The van der Waals surface area contributed by atoms with Gasteiger partial charge in [0.2, 0.25) is 0 Å². The molecule has 2 rings (SSSR count). The maximum absolute atomic E-state index is 11.4. The van der Waals surface area contributed by atoms with E-state index in [1.165, 1.54) is 32.2 Å². The third kappa shape index (κ3) is 3.33. The predicted molar refractivity (Wildman–Crippen MR) is 72.6 cm³/mol. The Hall–Kier alpha value is -0.410. The lowest BCUT2D eigenvalue weighted by Gasteiger charge is -2.40. The average Bonchev–Trinajstić information content (AvgIpc) is 2.40. The lowest BCUT2D eigenvalue weighted by Crippen LogP contribution is -2.45. The smallest absolute Gasteiger partial charge is 0.127 e. The highest BCUT2D eigenvalue weighted by molar-refractivity contribution is 5.60. The molecule has 0 spiro atoms. The van der Waals surface area contributed by atoms with Crippen molar-refractivity contribution in [3.63, 3.8) is 0 Å². The first-order valence-corrected chi connectivity index (χ1v) is 7.42. The summed E-state index contributed by atoms with van der Waals surface area (Å²) in [5.74, 6) is 1.68. The molecule has 104 valence electrons. The van der Waals surface area contributed by atoms with Crippen molar-refractivity contribution < 1.29 is 9.53 Å². The van der Waals surface area contributed by atoms with Crippen LogP contribution in [0, 0.1) is 17.3 Å². The molecule has 0 bridgehead atoms. The van der Waals surface area contributed by atoms with Gasteiger partial charge in [-0.3, -0.25) is 0 Å². The Morgan fingerprint density at radius 1 is 1.28 bits per heavy atom. The molecule has 0 N–H and O–H groups in total. The topological polar surface area (TPSA) is 29.5 Å². The van der Waals surface area contributed by atoms with Crippen LogP contribution < -0.4 is 0 Å². The first-order chi connectivity index (χ1) is 8.65. The van der Waals surface area contributed by atoms with Crippen molar-refractivity contribution in [2.45, 2.75) is 39.5 Å². The van der Waals surface area contributed by atoms with Gasteiger partial charge < -0.3 is 14.4 Å². The number of carbonyl (C=O) groups is 1. The molecular formula is C15H27NO2. The van der Waals surface area contributed by atoms with Gasteiger partial charge in [-0.15, -0.1) is 0 Å². The van der Waals surface area contributed by atoms with E-state index in [0.717, 1.165) is 44.4 Å². The molecular weight excluding hydrogens is 226 g/mol. The van der Waals surface area contributed by atoms with Gasteiger partial charge in [0, 0.05) is 25.2 Å². The predicted octanol–water partition coefficient (Wildman–Crippen LogP) is 2.35. The standard InChI is InChI=1S/C15H27NO2/c1-13(2)14-3-7-16(8-4-14)11-15(12-17)5-9-18-10-6-15/h12-14H,3-11H2,1-2H3.